The minimum atomic E-state index is -0.597. The van der Waals surface area contributed by atoms with Gasteiger partial charge in [-0.3, -0.25) is 0 Å². The van der Waals surface area contributed by atoms with Crippen LogP contribution in [0, 0.1) is 11.6 Å². The van der Waals surface area contributed by atoms with Crippen LogP contribution < -0.4 is 0 Å². The first-order chi connectivity index (χ1) is 10.6. The summed E-state index contributed by atoms with van der Waals surface area (Å²) in [6.07, 6.45) is 1.46. The Morgan fingerprint density at radius 2 is 1.95 bits per heavy atom. The van der Waals surface area contributed by atoms with Crippen LogP contribution in [0.5, 0.6) is 0 Å². The molecule has 0 aliphatic carbocycles. The summed E-state index contributed by atoms with van der Waals surface area (Å²) in [5, 5.41) is 5.23. The van der Waals surface area contributed by atoms with Crippen LogP contribution in [0.15, 0.2) is 42.7 Å². The molecule has 22 heavy (non-hydrogen) atoms. The standard InChI is InChI=1S/C15H7ClF2N4/c16-10-2-1-3-12-13(10)15-20-14(21-22(15)7-19-12)9-6-8(17)4-5-11(9)18/h1-7H. The first kappa shape index (κ1) is 13.1. The first-order valence-corrected chi connectivity index (χ1v) is 6.76. The highest BCUT2D eigenvalue weighted by Gasteiger charge is 2.15. The van der Waals surface area contributed by atoms with Gasteiger partial charge in [-0.2, -0.15) is 0 Å². The molecule has 0 bridgehead atoms. The number of halogens is 3. The number of aromatic nitrogens is 4. The van der Waals surface area contributed by atoms with Gasteiger partial charge >= 0.3 is 0 Å². The van der Waals surface area contributed by atoms with E-state index in [-0.39, 0.29) is 11.4 Å². The Balaban J connectivity index is 2.06. The van der Waals surface area contributed by atoms with Gasteiger partial charge in [-0.15, -0.1) is 5.10 Å². The molecule has 4 rings (SSSR count). The molecule has 0 aliphatic heterocycles. The molecular formula is C15H7ClF2N4. The Labute approximate surface area is 128 Å². The van der Waals surface area contributed by atoms with E-state index < -0.39 is 11.6 Å². The van der Waals surface area contributed by atoms with E-state index in [1.807, 2.05) is 0 Å². The molecule has 2 aromatic heterocycles. The third-order valence-corrected chi connectivity index (χ3v) is 3.64. The molecule has 0 radical (unpaired) electrons. The van der Waals surface area contributed by atoms with Gasteiger partial charge in [-0.05, 0) is 30.3 Å². The van der Waals surface area contributed by atoms with Gasteiger partial charge < -0.3 is 0 Å². The van der Waals surface area contributed by atoms with Crippen LogP contribution in [0.3, 0.4) is 0 Å². The number of nitrogens with zero attached hydrogens (tertiary/aromatic N) is 4. The fourth-order valence-electron chi connectivity index (χ4n) is 2.32. The summed E-state index contributed by atoms with van der Waals surface area (Å²) in [7, 11) is 0. The second-order valence-corrected chi connectivity index (χ2v) is 5.11. The monoisotopic (exact) mass is 316 g/mol. The molecule has 0 saturated heterocycles. The van der Waals surface area contributed by atoms with E-state index in [9.17, 15) is 8.78 Å². The third-order valence-electron chi connectivity index (χ3n) is 3.32. The van der Waals surface area contributed by atoms with Crippen LogP contribution in [0.2, 0.25) is 5.02 Å². The quantitative estimate of drug-likeness (QED) is 0.535. The van der Waals surface area contributed by atoms with Crippen molar-refractivity contribution in [2.75, 3.05) is 0 Å². The minimum absolute atomic E-state index is 0.0103. The lowest BCUT2D eigenvalue weighted by Crippen LogP contribution is -1.92. The van der Waals surface area contributed by atoms with E-state index in [1.165, 1.54) is 10.8 Å². The average Bonchev–Trinajstić information content (AvgIpc) is 2.93. The minimum Gasteiger partial charge on any atom is -0.236 e. The van der Waals surface area contributed by atoms with Crippen molar-refractivity contribution >= 4 is 28.2 Å². The molecule has 4 aromatic rings. The van der Waals surface area contributed by atoms with Crippen molar-refractivity contribution in [2.45, 2.75) is 0 Å². The molecule has 0 aliphatic rings. The van der Waals surface area contributed by atoms with E-state index in [2.05, 4.69) is 15.1 Å². The average molecular weight is 317 g/mol. The molecule has 0 saturated carbocycles. The second kappa shape index (κ2) is 4.71. The van der Waals surface area contributed by atoms with Crippen LogP contribution in [0.4, 0.5) is 8.78 Å². The van der Waals surface area contributed by atoms with Crippen molar-refractivity contribution in [3.05, 3.63) is 59.4 Å². The number of hydrogen-bond donors (Lipinski definition) is 0. The van der Waals surface area contributed by atoms with Gasteiger partial charge in [0, 0.05) is 0 Å². The Hall–Kier alpha value is -2.60. The predicted octanol–water partition coefficient (Wildman–Crippen LogP) is 3.88. The van der Waals surface area contributed by atoms with Gasteiger partial charge in [0.25, 0.3) is 0 Å². The van der Waals surface area contributed by atoms with E-state index in [0.717, 1.165) is 18.2 Å². The summed E-state index contributed by atoms with van der Waals surface area (Å²) in [6.45, 7) is 0. The summed E-state index contributed by atoms with van der Waals surface area (Å²) < 4.78 is 28.6. The predicted molar refractivity (Wildman–Crippen MR) is 78.7 cm³/mol. The highest BCUT2D eigenvalue weighted by molar-refractivity contribution is 6.36. The Morgan fingerprint density at radius 1 is 1.09 bits per heavy atom. The van der Waals surface area contributed by atoms with Crippen molar-refractivity contribution < 1.29 is 8.78 Å². The number of benzene rings is 2. The number of fused-ring (bicyclic) bond motifs is 3. The van der Waals surface area contributed by atoms with Crippen LogP contribution in [-0.2, 0) is 0 Å². The highest BCUT2D eigenvalue weighted by Crippen LogP contribution is 2.27. The Kier molecular flexibility index (Phi) is 2.80. The van der Waals surface area contributed by atoms with Crippen LogP contribution in [0.1, 0.15) is 0 Å². The molecular weight excluding hydrogens is 310 g/mol. The van der Waals surface area contributed by atoms with Gasteiger partial charge in [0.15, 0.2) is 11.5 Å². The second-order valence-electron chi connectivity index (χ2n) is 4.71. The lowest BCUT2D eigenvalue weighted by Gasteiger charge is -1.99. The number of hydrogen-bond acceptors (Lipinski definition) is 3. The van der Waals surface area contributed by atoms with Gasteiger partial charge in [-0.1, -0.05) is 17.7 Å². The van der Waals surface area contributed by atoms with E-state index in [1.54, 1.807) is 18.2 Å². The third kappa shape index (κ3) is 1.92. The lowest BCUT2D eigenvalue weighted by atomic mass is 10.2. The molecule has 0 atom stereocenters. The topological polar surface area (TPSA) is 43.1 Å². The molecule has 4 nitrogen and oxygen atoms in total. The van der Waals surface area contributed by atoms with Crippen molar-refractivity contribution in [1.82, 2.24) is 19.6 Å². The number of rotatable bonds is 1. The maximum atomic E-state index is 13.9. The molecule has 2 heterocycles. The molecule has 7 heteroatoms. The molecule has 0 fully saturated rings. The summed E-state index contributed by atoms with van der Waals surface area (Å²) in [5.41, 5.74) is 1.08. The zero-order valence-electron chi connectivity index (χ0n) is 11.0. The SMILES string of the molecule is Fc1ccc(F)c(-c2nc3c4c(Cl)cccc4ncn3n2)c1. The van der Waals surface area contributed by atoms with Gasteiger partial charge in [0.2, 0.25) is 0 Å². The molecule has 2 aromatic carbocycles. The fourth-order valence-corrected chi connectivity index (χ4v) is 2.57. The largest absolute Gasteiger partial charge is 0.236 e. The van der Waals surface area contributed by atoms with Crippen molar-refractivity contribution in [2.24, 2.45) is 0 Å². The zero-order chi connectivity index (χ0) is 15.3. The van der Waals surface area contributed by atoms with Crippen molar-refractivity contribution in [3.8, 4) is 11.4 Å². The van der Waals surface area contributed by atoms with Crippen LogP contribution >= 0.6 is 11.6 Å². The van der Waals surface area contributed by atoms with Crippen molar-refractivity contribution in [1.29, 1.82) is 0 Å². The van der Waals surface area contributed by atoms with Gasteiger partial charge in [-0.25, -0.2) is 23.3 Å². The van der Waals surface area contributed by atoms with Gasteiger partial charge in [0.05, 0.1) is 21.5 Å². The van der Waals surface area contributed by atoms with E-state index in [0.29, 0.717) is 21.6 Å². The maximum absolute atomic E-state index is 13.9. The summed E-state index contributed by atoms with van der Waals surface area (Å²) in [6, 6.07) is 8.42. The lowest BCUT2D eigenvalue weighted by molar-refractivity contribution is 0.602. The summed E-state index contributed by atoms with van der Waals surface area (Å²) in [5.74, 6) is -1.08. The van der Waals surface area contributed by atoms with Gasteiger partial charge in [0.1, 0.15) is 18.0 Å². The summed E-state index contributed by atoms with van der Waals surface area (Å²) in [4.78, 5) is 8.52. The molecule has 0 spiro atoms. The first-order valence-electron chi connectivity index (χ1n) is 6.38. The molecule has 108 valence electrons. The maximum Gasteiger partial charge on any atom is 0.185 e. The molecule has 0 N–H and O–H groups in total. The van der Waals surface area contributed by atoms with E-state index >= 15 is 0 Å². The van der Waals surface area contributed by atoms with Crippen molar-refractivity contribution in [3.63, 3.8) is 0 Å². The fraction of sp³-hybridized carbons (Fsp3) is 0. The van der Waals surface area contributed by atoms with Crippen LogP contribution in [0.25, 0.3) is 27.9 Å². The summed E-state index contributed by atoms with van der Waals surface area (Å²) >= 11 is 6.19. The van der Waals surface area contributed by atoms with Crippen LogP contribution in [-0.4, -0.2) is 19.6 Å². The Morgan fingerprint density at radius 3 is 2.82 bits per heavy atom. The Bertz CT molecular complexity index is 1030. The molecule has 0 amide bonds. The van der Waals surface area contributed by atoms with E-state index in [4.69, 9.17) is 11.6 Å². The zero-order valence-corrected chi connectivity index (χ0v) is 11.7. The highest BCUT2D eigenvalue weighted by atomic mass is 35.5. The molecule has 0 unspecified atom stereocenters. The smallest absolute Gasteiger partial charge is 0.185 e. The normalized spacial score (nSPS) is 11.4.